The number of methoxy groups -OCH3 is 2. The molecular weight excluding hydrogens is 284 g/mol. The van der Waals surface area contributed by atoms with E-state index in [9.17, 15) is 9.90 Å². The minimum atomic E-state index is -0.406. The topological polar surface area (TPSA) is 80.2 Å². The van der Waals surface area contributed by atoms with E-state index in [1.807, 2.05) is 0 Å². The second kappa shape index (κ2) is 7.12. The first-order chi connectivity index (χ1) is 10.7. The molecule has 0 bridgehead atoms. The Kier molecular flexibility index (Phi) is 4.98. The fourth-order valence-corrected chi connectivity index (χ4v) is 1.86. The lowest BCUT2D eigenvalue weighted by Gasteiger charge is -2.06. The van der Waals surface area contributed by atoms with Crippen molar-refractivity contribution >= 4 is 12.1 Å². The normalized spacial score (nSPS) is 10.5. The van der Waals surface area contributed by atoms with E-state index in [0.29, 0.717) is 22.6 Å². The predicted octanol–water partition coefficient (Wildman–Crippen LogP) is 2.17. The SMILES string of the molecule is COc1ccccc1C(=O)N/N=C\c1cccc(OC)c1O. The van der Waals surface area contributed by atoms with Gasteiger partial charge >= 0.3 is 0 Å². The summed E-state index contributed by atoms with van der Waals surface area (Å²) in [4.78, 5) is 12.0. The van der Waals surface area contributed by atoms with Gasteiger partial charge < -0.3 is 14.6 Å². The van der Waals surface area contributed by atoms with Gasteiger partial charge in [0.1, 0.15) is 5.75 Å². The summed E-state index contributed by atoms with van der Waals surface area (Å²) in [5.74, 6) is 0.343. The van der Waals surface area contributed by atoms with Gasteiger partial charge in [0, 0.05) is 5.56 Å². The van der Waals surface area contributed by atoms with Crippen LogP contribution in [0.2, 0.25) is 0 Å². The Bertz CT molecular complexity index is 698. The van der Waals surface area contributed by atoms with Crippen LogP contribution in [-0.4, -0.2) is 31.4 Å². The van der Waals surface area contributed by atoms with Crippen molar-refractivity contribution in [3.05, 3.63) is 53.6 Å². The van der Waals surface area contributed by atoms with E-state index in [2.05, 4.69) is 10.5 Å². The van der Waals surface area contributed by atoms with Gasteiger partial charge in [0.25, 0.3) is 5.91 Å². The molecule has 2 aromatic rings. The molecule has 0 unspecified atom stereocenters. The van der Waals surface area contributed by atoms with Gasteiger partial charge in [0.05, 0.1) is 26.0 Å². The number of hydrazone groups is 1. The van der Waals surface area contributed by atoms with Crippen LogP contribution >= 0.6 is 0 Å². The molecule has 0 radical (unpaired) electrons. The van der Waals surface area contributed by atoms with E-state index in [1.165, 1.54) is 20.4 Å². The molecule has 0 aromatic heterocycles. The Labute approximate surface area is 128 Å². The standard InChI is InChI=1S/C16H16N2O4/c1-21-13-8-4-3-7-12(13)16(20)18-17-10-11-6-5-9-14(22-2)15(11)19/h3-10,19H,1-2H3,(H,18,20)/b17-10-. The van der Waals surface area contributed by atoms with E-state index >= 15 is 0 Å². The molecule has 0 atom stereocenters. The highest BCUT2D eigenvalue weighted by atomic mass is 16.5. The second-order valence-corrected chi connectivity index (χ2v) is 4.30. The Balaban J connectivity index is 2.11. The van der Waals surface area contributed by atoms with Crippen molar-refractivity contribution in [3.63, 3.8) is 0 Å². The van der Waals surface area contributed by atoms with Crippen molar-refractivity contribution in [2.75, 3.05) is 14.2 Å². The zero-order chi connectivity index (χ0) is 15.9. The molecule has 6 nitrogen and oxygen atoms in total. The third kappa shape index (κ3) is 3.35. The first-order valence-corrected chi connectivity index (χ1v) is 6.49. The zero-order valence-corrected chi connectivity index (χ0v) is 12.2. The summed E-state index contributed by atoms with van der Waals surface area (Å²) < 4.78 is 10.1. The Morgan fingerprint density at radius 1 is 1.09 bits per heavy atom. The number of carbonyl (C=O) groups excluding carboxylic acids is 1. The Hall–Kier alpha value is -3.02. The summed E-state index contributed by atoms with van der Waals surface area (Å²) in [7, 11) is 2.95. The number of phenols is 1. The van der Waals surface area contributed by atoms with Crippen molar-refractivity contribution in [1.29, 1.82) is 0 Å². The van der Waals surface area contributed by atoms with Crippen LogP contribution in [0.4, 0.5) is 0 Å². The first kappa shape index (κ1) is 15.4. The van der Waals surface area contributed by atoms with Crippen molar-refractivity contribution in [2.45, 2.75) is 0 Å². The average Bonchev–Trinajstić information content (AvgIpc) is 2.56. The number of hydrogen-bond donors (Lipinski definition) is 2. The van der Waals surface area contributed by atoms with Crippen LogP contribution < -0.4 is 14.9 Å². The maximum absolute atomic E-state index is 12.0. The number of nitrogens with zero attached hydrogens (tertiary/aromatic N) is 1. The quantitative estimate of drug-likeness (QED) is 0.655. The number of hydrogen-bond acceptors (Lipinski definition) is 5. The van der Waals surface area contributed by atoms with Gasteiger partial charge in [-0.1, -0.05) is 18.2 Å². The molecule has 0 fully saturated rings. The van der Waals surface area contributed by atoms with E-state index in [4.69, 9.17) is 9.47 Å². The number of aromatic hydroxyl groups is 1. The summed E-state index contributed by atoms with van der Waals surface area (Å²) in [5.41, 5.74) is 3.19. The fourth-order valence-electron chi connectivity index (χ4n) is 1.86. The molecule has 0 saturated carbocycles. The molecule has 0 saturated heterocycles. The zero-order valence-electron chi connectivity index (χ0n) is 12.2. The van der Waals surface area contributed by atoms with Crippen LogP contribution in [-0.2, 0) is 0 Å². The number of para-hydroxylation sites is 2. The van der Waals surface area contributed by atoms with Crippen LogP contribution in [0.3, 0.4) is 0 Å². The smallest absolute Gasteiger partial charge is 0.275 e. The number of nitrogens with one attached hydrogen (secondary N) is 1. The molecule has 22 heavy (non-hydrogen) atoms. The molecule has 0 aliphatic carbocycles. The Morgan fingerprint density at radius 3 is 2.50 bits per heavy atom. The number of benzene rings is 2. The van der Waals surface area contributed by atoms with Crippen molar-refractivity contribution < 1.29 is 19.4 Å². The highest BCUT2D eigenvalue weighted by Gasteiger charge is 2.10. The highest BCUT2D eigenvalue weighted by molar-refractivity contribution is 5.97. The van der Waals surface area contributed by atoms with Crippen LogP contribution in [0.25, 0.3) is 0 Å². The lowest BCUT2D eigenvalue weighted by atomic mass is 10.2. The highest BCUT2D eigenvalue weighted by Crippen LogP contribution is 2.27. The van der Waals surface area contributed by atoms with E-state index in [0.717, 1.165) is 0 Å². The molecular formula is C16H16N2O4. The monoisotopic (exact) mass is 300 g/mol. The maximum atomic E-state index is 12.0. The van der Waals surface area contributed by atoms with Crippen molar-refractivity contribution in [2.24, 2.45) is 5.10 Å². The third-order valence-electron chi connectivity index (χ3n) is 2.97. The van der Waals surface area contributed by atoms with Gasteiger partial charge in [-0.05, 0) is 24.3 Å². The first-order valence-electron chi connectivity index (χ1n) is 6.49. The fraction of sp³-hybridized carbons (Fsp3) is 0.125. The van der Waals surface area contributed by atoms with Crippen LogP contribution in [0.1, 0.15) is 15.9 Å². The molecule has 2 N–H and O–H groups in total. The molecule has 1 amide bonds. The number of carbonyl (C=O) groups is 1. The summed E-state index contributed by atoms with van der Waals surface area (Å²) in [5, 5.41) is 13.7. The van der Waals surface area contributed by atoms with Gasteiger partial charge in [-0.3, -0.25) is 4.79 Å². The molecule has 0 aliphatic rings. The van der Waals surface area contributed by atoms with Crippen LogP contribution in [0.15, 0.2) is 47.6 Å². The summed E-state index contributed by atoms with van der Waals surface area (Å²) >= 11 is 0. The molecule has 2 rings (SSSR count). The molecule has 0 spiro atoms. The predicted molar refractivity (Wildman–Crippen MR) is 82.7 cm³/mol. The minimum absolute atomic E-state index is 0.0414. The summed E-state index contributed by atoms with van der Waals surface area (Å²) in [6, 6.07) is 11.8. The van der Waals surface area contributed by atoms with E-state index < -0.39 is 5.91 Å². The number of amides is 1. The second-order valence-electron chi connectivity index (χ2n) is 4.30. The third-order valence-corrected chi connectivity index (χ3v) is 2.97. The van der Waals surface area contributed by atoms with Gasteiger partial charge in [-0.2, -0.15) is 5.10 Å². The summed E-state index contributed by atoms with van der Waals surface area (Å²) in [6.45, 7) is 0. The minimum Gasteiger partial charge on any atom is -0.504 e. The van der Waals surface area contributed by atoms with Crippen molar-refractivity contribution in [3.8, 4) is 17.2 Å². The van der Waals surface area contributed by atoms with Gasteiger partial charge in [0.2, 0.25) is 0 Å². The van der Waals surface area contributed by atoms with Gasteiger partial charge in [0.15, 0.2) is 11.5 Å². The van der Waals surface area contributed by atoms with E-state index in [1.54, 1.807) is 42.5 Å². The summed E-state index contributed by atoms with van der Waals surface area (Å²) in [6.07, 6.45) is 1.34. The molecule has 0 aliphatic heterocycles. The number of ether oxygens (including phenoxy) is 2. The lowest BCUT2D eigenvalue weighted by Crippen LogP contribution is -2.18. The number of phenolic OH excluding ortho intramolecular Hbond substituents is 1. The maximum Gasteiger partial charge on any atom is 0.275 e. The average molecular weight is 300 g/mol. The van der Waals surface area contributed by atoms with Gasteiger partial charge in [-0.25, -0.2) is 5.43 Å². The van der Waals surface area contributed by atoms with Crippen molar-refractivity contribution in [1.82, 2.24) is 5.43 Å². The van der Waals surface area contributed by atoms with Crippen LogP contribution in [0, 0.1) is 0 Å². The van der Waals surface area contributed by atoms with E-state index in [-0.39, 0.29) is 5.75 Å². The molecule has 0 heterocycles. The lowest BCUT2D eigenvalue weighted by molar-refractivity contribution is 0.0952. The largest absolute Gasteiger partial charge is 0.504 e. The molecule has 2 aromatic carbocycles. The molecule has 6 heteroatoms. The molecule has 114 valence electrons. The Morgan fingerprint density at radius 2 is 1.77 bits per heavy atom. The van der Waals surface area contributed by atoms with Gasteiger partial charge in [-0.15, -0.1) is 0 Å². The van der Waals surface area contributed by atoms with Crippen LogP contribution in [0.5, 0.6) is 17.2 Å². The number of rotatable bonds is 5.